The van der Waals surface area contributed by atoms with Crippen LogP contribution in [0.4, 0.5) is 0 Å². The van der Waals surface area contributed by atoms with Gasteiger partial charge in [-0.25, -0.2) is 5.43 Å². The first-order valence-corrected chi connectivity index (χ1v) is 7.79. The Balaban J connectivity index is 1.70. The van der Waals surface area contributed by atoms with Gasteiger partial charge in [0.05, 0.1) is 6.21 Å². The van der Waals surface area contributed by atoms with Gasteiger partial charge in [0, 0.05) is 17.1 Å². The number of carbonyl (C=O) groups is 1. The molecule has 0 unspecified atom stereocenters. The number of hydrogen-bond acceptors (Lipinski definition) is 3. The quantitative estimate of drug-likeness (QED) is 0.503. The largest absolute Gasteiger partial charge is 0.273 e. The highest BCUT2D eigenvalue weighted by Crippen LogP contribution is 2.17. The van der Waals surface area contributed by atoms with Gasteiger partial charge in [-0.05, 0) is 24.6 Å². The summed E-state index contributed by atoms with van der Waals surface area (Å²) in [6.07, 6.45) is 2.11. The minimum absolute atomic E-state index is 0.0673. The van der Waals surface area contributed by atoms with Crippen LogP contribution >= 0.6 is 11.8 Å². The first-order valence-electron chi connectivity index (χ1n) is 6.80. The van der Waals surface area contributed by atoms with Gasteiger partial charge in [-0.15, -0.1) is 11.8 Å². The van der Waals surface area contributed by atoms with Crippen molar-refractivity contribution < 1.29 is 4.79 Å². The van der Waals surface area contributed by atoms with E-state index in [1.165, 1.54) is 10.5 Å². The van der Waals surface area contributed by atoms with E-state index in [9.17, 15) is 4.79 Å². The molecule has 2 rings (SSSR count). The van der Waals surface area contributed by atoms with Gasteiger partial charge < -0.3 is 0 Å². The topological polar surface area (TPSA) is 41.5 Å². The zero-order chi connectivity index (χ0) is 14.9. The summed E-state index contributed by atoms with van der Waals surface area (Å²) in [5.41, 5.74) is 4.71. The summed E-state index contributed by atoms with van der Waals surface area (Å²) in [7, 11) is 0. The molecule has 0 aliphatic carbocycles. The van der Waals surface area contributed by atoms with Crippen molar-refractivity contribution in [2.75, 3.05) is 5.75 Å². The maximum absolute atomic E-state index is 11.7. The van der Waals surface area contributed by atoms with Gasteiger partial charge in [-0.1, -0.05) is 48.0 Å². The number of hydrazone groups is 1. The van der Waals surface area contributed by atoms with E-state index in [0.717, 1.165) is 11.3 Å². The van der Waals surface area contributed by atoms with E-state index in [1.54, 1.807) is 18.0 Å². The third-order valence-electron chi connectivity index (χ3n) is 2.79. The average Bonchev–Trinajstić information content (AvgIpc) is 2.48. The summed E-state index contributed by atoms with van der Waals surface area (Å²) in [5.74, 6) is 0.679. The Hall–Kier alpha value is -2.07. The number of thioether (sulfide) groups is 1. The van der Waals surface area contributed by atoms with Crippen LogP contribution in [0.3, 0.4) is 0 Å². The van der Waals surface area contributed by atoms with Gasteiger partial charge in [0.1, 0.15) is 0 Å². The van der Waals surface area contributed by atoms with Crippen molar-refractivity contribution >= 4 is 23.9 Å². The predicted octanol–water partition coefficient (Wildman–Crippen LogP) is 3.63. The van der Waals surface area contributed by atoms with E-state index in [4.69, 9.17) is 0 Å². The minimum Gasteiger partial charge on any atom is -0.273 e. The Morgan fingerprint density at radius 2 is 2.00 bits per heavy atom. The van der Waals surface area contributed by atoms with Gasteiger partial charge >= 0.3 is 0 Å². The second-order valence-corrected chi connectivity index (χ2v) is 5.79. The van der Waals surface area contributed by atoms with Crippen LogP contribution in [0, 0.1) is 6.92 Å². The summed E-state index contributed by atoms with van der Waals surface area (Å²) in [6, 6.07) is 18.0. The van der Waals surface area contributed by atoms with E-state index >= 15 is 0 Å². The molecule has 0 radical (unpaired) electrons. The Morgan fingerprint density at radius 1 is 1.19 bits per heavy atom. The van der Waals surface area contributed by atoms with Gasteiger partial charge in [0.25, 0.3) is 0 Å². The molecular weight excluding hydrogens is 280 g/mol. The van der Waals surface area contributed by atoms with Gasteiger partial charge in [-0.2, -0.15) is 5.10 Å². The highest BCUT2D eigenvalue weighted by Gasteiger charge is 2.00. The monoisotopic (exact) mass is 298 g/mol. The van der Waals surface area contributed by atoms with Gasteiger partial charge in [-0.3, -0.25) is 4.79 Å². The maximum atomic E-state index is 11.7. The summed E-state index contributed by atoms with van der Waals surface area (Å²) < 4.78 is 0. The molecule has 0 spiro atoms. The standard InChI is InChI=1S/C17H18N2OS/c1-14-6-5-7-15(12-14)13-18-19-17(20)10-11-21-16-8-3-2-4-9-16/h2-9,12-13H,10-11H2,1H3,(H,19,20)/b18-13-. The van der Waals surface area contributed by atoms with Crippen LogP contribution < -0.4 is 5.43 Å². The van der Waals surface area contributed by atoms with Crippen LogP contribution in [0.2, 0.25) is 0 Å². The minimum atomic E-state index is -0.0673. The number of carbonyl (C=O) groups excluding carboxylic acids is 1. The van der Waals surface area contributed by atoms with E-state index in [0.29, 0.717) is 6.42 Å². The molecule has 0 saturated heterocycles. The van der Waals surface area contributed by atoms with Crippen molar-refractivity contribution in [3.05, 3.63) is 65.7 Å². The number of rotatable bonds is 6. The van der Waals surface area contributed by atoms with Gasteiger partial charge in [0.2, 0.25) is 5.91 Å². The summed E-state index contributed by atoms with van der Waals surface area (Å²) in [4.78, 5) is 12.8. The summed E-state index contributed by atoms with van der Waals surface area (Å²) in [6.45, 7) is 2.02. The van der Waals surface area contributed by atoms with E-state index in [-0.39, 0.29) is 5.91 Å². The van der Waals surface area contributed by atoms with E-state index < -0.39 is 0 Å². The molecule has 0 atom stereocenters. The normalized spacial score (nSPS) is 10.7. The van der Waals surface area contributed by atoms with Crippen LogP contribution in [-0.4, -0.2) is 17.9 Å². The molecule has 0 heterocycles. The second-order valence-electron chi connectivity index (χ2n) is 4.62. The highest BCUT2D eigenvalue weighted by atomic mass is 32.2. The molecular formula is C17H18N2OS. The number of nitrogens with zero attached hydrogens (tertiary/aromatic N) is 1. The fourth-order valence-electron chi connectivity index (χ4n) is 1.76. The van der Waals surface area contributed by atoms with Crippen LogP contribution in [0.1, 0.15) is 17.5 Å². The molecule has 0 fully saturated rings. The fourth-order valence-corrected chi connectivity index (χ4v) is 2.64. The third-order valence-corrected chi connectivity index (χ3v) is 3.80. The third kappa shape index (κ3) is 5.83. The van der Waals surface area contributed by atoms with Crippen molar-refractivity contribution in [1.29, 1.82) is 0 Å². The second kappa shape index (κ2) is 8.27. The van der Waals surface area contributed by atoms with Crippen molar-refractivity contribution in [1.82, 2.24) is 5.43 Å². The molecule has 108 valence electrons. The fraction of sp³-hybridized carbons (Fsp3) is 0.176. The van der Waals surface area contributed by atoms with Crippen molar-refractivity contribution in [2.45, 2.75) is 18.2 Å². The molecule has 21 heavy (non-hydrogen) atoms. The van der Waals surface area contributed by atoms with Crippen LogP contribution in [-0.2, 0) is 4.79 Å². The molecule has 0 aromatic heterocycles. The molecule has 0 bridgehead atoms. The SMILES string of the molecule is Cc1cccc(/C=N\NC(=O)CCSc2ccccc2)c1. The molecule has 4 heteroatoms. The first-order chi connectivity index (χ1) is 10.2. The maximum Gasteiger partial charge on any atom is 0.240 e. The van der Waals surface area contributed by atoms with E-state index in [1.807, 2.05) is 61.5 Å². The van der Waals surface area contributed by atoms with Gasteiger partial charge in [0.15, 0.2) is 0 Å². The smallest absolute Gasteiger partial charge is 0.240 e. The Kier molecular flexibility index (Phi) is 6.03. The molecule has 0 aliphatic heterocycles. The lowest BCUT2D eigenvalue weighted by molar-refractivity contribution is -0.120. The number of hydrogen-bond donors (Lipinski definition) is 1. The molecule has 3 nitrogen and oxygen atoms in total. The molecule has 2 aromatic carbocycles. The molecule has 0 aliphatic rings. The molecule has 0 saturated carbocycles. The molecule has 1 amide bonds. The number of benzene rings is 2. The molecule has 2 aromatic rings. The Labute approximate surface area is 129 Å². The average molecular weight is 298 g/mol. The van der Waals surface area contributed by atoms with E-state index in [2.05, 4.69) is 10.5 Å². The van der Waals surface area contributed by atoms with Crippen molar-refractivity contribution in [3.63, 3.8) is 0 Å². The summed E-state index contributed by atoms with van der Waals surface area (Å²) in [5, 5.41) is 3.97. The Morgan fingerprint density at radius 3 is 2.76 bits per heavy atom. The lowest BCUT2D eigenvalue weighted by Gasteiger charge is -2.01. The van der Waals surface area contributed by atoms with Crippen LogP contribution in [0.25, 0.3) is 0 Å². The lowest BCUT2D eigenvalue weighted by atomic mass is 10.2. The van der Waals surface area contributed by atoms with Crippen LogP contribution in [0.15, 0.2) is 64.6 Å². The lowest BCUT2D eigenvalue weighted by Crippen LogP contribution is -2.17. The predicted molar refractivity (Wildman–Crippen MR) is 88.7 cm³/mol. The zero-order valence-electron chi connectivity index (χ0n) is 12.0. The number of amides is 1. The summed E-state index contributed by atoms with van der Waals surface area (Å²) >= 11 is 1.67. The highest BCUT2D eigenvalue weighted by molar-refractivity contribution is 7.99. The first kappa shape index (κ1) is 15.3. The molecule has 1 N–H and O–H groups in total. The van der Waals surface area contributed by atoms with Crippen LogP contribution in [0.5, 0.6) is 0 Å². The Bertz CT molecular complexity index is 611. The number of aryl methyl sites for hydroxylation is 1. The number of nitrogens with one attached hydrogen (secondary N) is 1. The van der Waals surface area contributed by atoms with Crippen molar-refractivity contribution in [3.8, 4) is 0 Å². The zero-order valence-corrected chi connectivity index (χ0v) is 12.8. The van der Waals surface area contributed by atoms with Crippen molar-refractivity contribution in [2.24, 2.45) is 5.10 Å².